The Bertz CT molecular complexity index is 1930. The lowest BCUT2D eigenvalue weighted by molar-refractivity contribution is -0.161. The average Bonchev–Trinajstić information content (AvgIpc) is 0.923. The minimum atomic E-state index is -4.96. The van der Waals surface area contributed by atoms with Gasteiger partial charge in [-0.2, -0.15) is 0 Å². The summed E-state index contributed by atoms with van der Waals surface area (Å²) in [5.74, 6) is -2.10. The lowest BCUT2D eigenvalue weighted by atomic mass is 10.0. The largest absolute Gasteiger partial charge is 0.472 e. The summed E-state index contributed by atoms with van der Waals surface area (Å²) in [6.07, 6.45) is 70.5. The molecule has 3 N–H and O–H groups in total. The van der Waals surface area contributed by atoms with Crippen LogP contribution >= 0.6 is 15.6 Å². The second-order valence-corrected chi connectivity index (χ2v) is 32.8. The van der Waals surface area contributed by atoms with E-state index in [4.69, 9.17) is 37.0 Å². The molecule has 0 fully saturated rings. The van der Waals surface area contributed by atoms with Crippen molar-refractivity contribution in [3.05, 3.63) is 0 Å². The molecule has 0 spiro atoms. The first-order valence-corrected chi connectivity index (χ1v) is 46.3. The van der Waals surface area contributed by atoms with Crippen molar-refractivity contribution in [2.75, 3.05) is 39.6 Å². The minimum absolute atomic E-state index is 0.109. The molecule has 0 radical (unpaired) electrons. The summed E-state index contributed by atoms with van der Waals surface area (Å²) in [5, 5.41) is 10.7. The number of phosphoric ester groups is 2. The van der Waals surface area contributed by atoms with Gasteiger partial charge < -0.3 is 33.8 Å². The highest BCUT2D eigenvalue weighted by atomic mass is 31.2. The molecule has 0 aliphatic rings. The summed E-state index contributed by atoms with van der Waals surface area (Å²) in [5.41, 5.74) is 0. The van der Waals surface area contributed by atoms with Crippen molar-refractivity contribution in [2.45, 2.75) is 470 Å². The van der Waals surface area contributed by atoms with E-state index in [1.807, 2.05) is 0 Å². The van der Waals surface area contributed by atoms with Crippen LogP contribution in [0.5, 0.6) is 0 Å². The smallest absolute Gasteiger partial charge is 0.462 e. The fraction of sp³-hybridized carbons (Fsp3) is 0.952. The van der Waals surface area contributed by atoms with Crippen molar-refractivity contribution >= 4 is 39.5 Å². The van der Waals surface area contributed by atoms with Gasteiger partial charge >= 0.3 is 39.5 Å². The number of hydrogen-bond acceptors (Lipinski definition) is 15. The molecule has 102 heavy (non-hydrogen) atoms. The number of carbonyl (C=O) groups is 4. The molecule has 0 aromatic carbocycles. The molecule has 0 amide bonds. The van der Waals surface area contributed by atoms with Crippen molar-refractivity contribution in [2.24, 2.45) is 0 Å². The van der Waals surface area contributed by atoms with E-state index in [1.54, 1.807) is 0 Å². The van der Waals surface area contributed by atoms with Gasteiger partial charge in [-0.25, -0.2) is 9.13 Å². The summed E-state index contributed by atoms with van der Waals surface area (Å²) < 4.78 is 68.9. The third-order valence-electron chi connectivity index (χ3n) is 19.6. The van der Waals surface area contributed by atoms with Crippen molar-refractivity contribution < 1.29 is 80.2 Å². The van der Waals surface area contributed by atoms with Crippen LogP contribution in [-0.2, 0) is 65.4 Å². The van der Waals surface area contributed by atoms with Gasteiger partial charge in [0, 0.05) is 25.7 Å². The molecular formula is C83H162O17P2. The van der Waals surface area contributed by atoms with Crippen LogP contribution in [0, 0.1) is 0 Å². The highest BCUT2D eigenvalue weighted by Crippen LogP contribution is 2.45. The first-order chi connectivity index (χ1) is 49.7. The number of unbranched alkanes of at least 4 members (excludes halogenated alkanes) is 58. The van der Waals surface area contributed by atoms with Gasteiger partial charge in [0.1, 0.15) is 19.3 Å². The Morgan fingerprint density at radius 2 is 0.392 bits per heavy atom. The number of phosphoric acid groups is 2. The normalized spacial score (nSPS) is 13.8. The van der Waals surface area contributed by atoms with Crippen LogP contribution in [0.2, 0.25) is 0 Å². The Kier molecular flexibility index (Phi) is 75.8. The third kappa shape index (κ3) is 76.3. The van der Waals surface area contributed by atoms with Crippen molar-refractivity contribution in [1.29, 1.82) is 0 Å². The fourth-order valence-corrected chi connectivity index (χ4v) is 14.6. The summed E-state index contributed by atoms with van der Waals surface area (Å²) in [4.78, 5) is 73.2. The molecule has 0 bridgehead atoms. The molecular weight excluding hydrogens is 1330 g/mol. The molecule has 606 valence electrons. The molecule has 0 aliphatic carbocycles. The predicted octanol–water partition coefficient (Wildman–Crippen LogP) is 25.4. The van der Waals surface area contributed by atoms with Crippen LogP contribution in [0.25, 0.3) is 0 Å². The predicted molar refractivity (Wildman–Crippen MR) is 419 cm³/mol. The molecule has 0 aromatic rings. The van der Waals surface area contributed by atoms with Gasteiger partial charge in [0.25, 0.3) is 0 Å². The third-order valence-corrected chi connectivity index (χ3v) is 21.5. The van der Waals surface area contributed by atoms with E-state index >= 15 is 0 Å². The molecule has 0 saturated carbocycles. The van der Waals surface area contributed by atoms with Gasteiger partial charge in [-0.1, -0.05) is 400 Å². The van der Waals surface area contributed by atoms with E-state index in [0.717, 1.165) is 89.9 Å². The van der Waals surface area contributed by atoms with E-state index in [9.17, 15) is 43.2 Å². The maximum Gasteiger partial charge on any atom is 0.472 e. The topological polar surface area (TPSA) is 237 Å². The summed E-state index contributed by atoms with van der Waals surface area (Å²) in [6, 6.07) is 0. The molecule has 0 heterocycles. The second-order valence-electron chi connectivity index (χ2n) is 29.9. The summed E-state index contributed by atoms with van der Waals surface area (Å²) in [7, 11) is -9.92. The lowest BCUT2D eigenvalue weighted by Crippen LogP contribution is -2.30. The number of aliphatic hydroxyl groups is 1. The van der Waals surface area contributed by atoms with Crippen LogP contribution in [0.3, 0.4) is 0 Å². The average molecular weight is 1490 g/mol. The molecule has 19 heteroatoms. The van der Waals surface area contributed by atoms with Crippen LogP contribution in [-0.4, -0.2) is 96.7 Å². The summed E-state index contributed by atoms with van der Waals surface area (Å²) in [6.45, 7) is 5.06. The van der Waals surface area contributed by atoms with E-state index in [-0.39, 0.29) is 25.7 Å². The SMILES string of the molecule is CCCCCCCCCCCCCCCCCCCC(=O)OC[C@H](COP(=O)(O)OC[C@H](O)COP(=O)(O)OC[C@@H](COC(=O)CCCCCCCCCCCCCCCCC)OC(=O)CCCCCCCCCCCCCCCCC)OC(=O)CCCCCCCCCCCCCCCCC. The first-order valence-electron chi connectivity index (χ1n) is 43.3. The number of esters is 4. The Morgan fingerprint density at radius 1 is 0.235 bits per heavy atom. The zero-order chi connectivity index (χ0) is 74.6. The van der Waals surface area contributed by atoms with Gasteiger partial charge in [-0.05, 0) is 25.7 Å². The number of rotatable bonds is 84. The molecule has 17 nitrogen and oxygen atoms in total. The zero-order valence-electron chi connectivity index (χ0n) is 66.6. The van der Waals surface area contributed by atoms with E-state index in [1.165, 1.54) is 283 Å². The van der Waals surface area contributed by atoms with Gasteiger partial charge in [0.15, 0.2) is 12.2 Å². The van der Waals surface area contributed by atoms with E-state index in [0.29, 0.717) is 25.7 Å². The number of carbonyl (C=O) groups excluding carboxylic acids is 4. The minimum Gasteiger partial charge on any atom is -0.462 e. The maximum absolute atomic E-state index is 13.1. The van der Waals surface area contributed by atoms with Crippen LogP contribution in [0.15, 0.2) is 0 Å². The zero-order valence-corrected chi connectivity index (χ0v) is 68.4. The highest BCUT2D eigenvalue weighted by molar-refractivity contribution is 7.47. The van der Waals surface area contributed by atoms with Gasteiger partial charge in [0.2, 0.25) is 0 Å². The van der Waals surface area contributed by atoms with Crippen molar-refractivity contribution in [1.82, 2.24) is 0 Å². The Labute approximate surface area is 626 Å². The van der Waals surface area contributed by atoms with Crippen molar-refractivity contribution in [3.63, 3.8) is 0 Å². The number of aliphatic hydroxyl groups excluding tert-OH is 1. The molecule has 2 unspecified atom stereocenters. The van der Waals surface area contributed by atoms with E-state index < -0.39 is 97.5 Å². The number of ether oxygens (including phenoxy) is 4. The maximum atomic E-state index is 13.1. The first kappa shape index (κ1) is 100. The monoisotopic (exact) mass is 1490 g/mol. The Morgan fingerprint density at radius 3 is 0.578 bits per heavy atom. The van der Waals surface area contributed by atoms with Crippen LogP contribution < -0.4 is 0 Å². The quantitative estimate of drug-likeness (QED) is 0.0222. The molecule has 0 aromatic heterocycles. The summed E-state index contributed by atoms with van der Waals surface area (Å²) >= 11 is 0. The van der Waals surface area contributed by atoms with Gasteiger partial charge in [-0.3, -0.25) is 37.3 Å². The molecule has 0 rings (SSSR count). The van der Waals surface area contributed by atoms with E-state index in [2.05, 4.69) is 27.7 Å². The van der Waals surface area contributed by atoms with Crippen LogP contribution in [0.1, 0.15) is 451 Å². The van der Waals surface area contributed by atoms with Gasteiger partial charge in [-0.15, -0.1) is 0 Å². The van der Waals surface area contributed by atoms with Crippen LogP contribution in [0.4, 0.5) is 0 Å². The molecule has 0 saturated heterocycles. The van der Waals surface area contributed by atoms with Crippen molar-refractivity contribution in [3.8, 4) is 0 Å². The fourth-order valence-electron chi connectivity index (χ4n) is 13.0. The Balaban J connectivity index is 5.26. The standard InChI is InChI=1S/C83H162O17P2/c1-5-9-13-17-21-25-29-33-37-38-42-44-48-52-56-60-64-68-81(86)94-74-79(100-83(88)70-66-62-58-54-50-46-41-36-32-28-24-20-16-12-8-4)76-98-102(91,92)96-72-77(84)71-95-101(89,90)97-75-78(99-82(87)69-65-61-57-53-49-45-40-35-31-27-23-19-15-11-7-3)73-93-80(85)67-63-59-55-51-47-43-39-34-30-26-22-18-14-10-6-2/h77-79,84H,5-76H2,1-4H3,(H,89,90)(H,91,92)/t77-,78-,79-/m1/s1. The lowest BCUT2D eigenvalue weighted by Gasteiger charge is -2.21. The number of hydrogen-bond donors (Lipinski definition) is 3. The highest BCUT2D eigenvalue weighted by Gasteiger charge is 2.30. The van der Waals surface area contributed by atoms with Gasteiger partial charge in [0.05, 0.1) is 26.4 Å². The molecule has 0 aliphatic heterocycles. The molecule has 5 atom stereocenters. The Hall–Kier alpha value is -1.94. The second kappa shape index (κ2) is 77.2.